The zero-order valence-electron chi connectivity index (χ0n) is 10.6. The van der Waals surface area contributed by atoms with E-state index in [1.54, 1.807) is 6.08 Å². The van der Waals surface area contributed by atoms with E-state index < -0.39 is 5.97 Å². The van der Waals surface area contributed by atoms with Crippen LogP contribution in [0.4, 0.5) is 5.69 Å². The van der Waals surface area contributed by atoms with Gasteiger partial charge in [0.15, 0.2) is 0 Å². The highest BCUT2D eigenvalue weighted by molar-refractivity contribution is 5.87. The number of carboxylic acid groups (broad SMARTS) is 1. The number of nitriles is 1. The Morgan fingerprint density at radius 2 is 2.21 bits per heavy atom. The SMILES string of the molecule is N#CCCN(c1ccccc1C=CC(=O)O)C1CC1. The fraction of sp³-hybridized carbons (Fsp3) is 0.333. The summed E-state index contributed by atoms with van der Waals surface area (Å²) in [6.07, 6.45) is 5.52. The molecule has 1 saturated carbocycles. The molecule has 98 valence electrons. The van der Waals surface area contributed by atoms with Crippen LogP contribution >= 0.6 is 0 Å². The van der Waals surface area contributed by atoms with E-state index in [1.165, 1.54) is 0 Å². The van der Waals surface area contributed by atoms with Crippen LogP contribution in [0.2, 0.25) is 0 Å². The normalized spacial score (nSPS) is 14.3. The van der Waals surface area contributed by atoms with Gasteiger partial charge < -0.3 is 10.0 Å². The van der Waals surface area contributed by atoms with Gasteiger partial charge in [-0.15, -0.1) is 0 Å². The van der Waals surface area contributed by atoms with Gasteiger partial charge in [-0.1, -0.05) is 18.2 Å². The molecule has 1 N–H and O–H groups in total. The van der Waals surface area contributed by atoms with E-state index >= 15 is 0 Å². The van der Waals surface area contributed by atoms with Crippen LogP contribution < -0.4 is 4.90 Å². The van der Waals surface area contributed by atoms with Crippen LogP contribution in [0.5, 0.6) is 0 Å². The summed E-state index contributed by atoms with van der Waals surface area (Å²) in [4.78, 5) is 12.8. The van der Waals surface area contributed by atoms with Crippen LogP contribution in [0.25, 0.3) is 6.08 Å². The summed E-state index contributed by atoms with van der Waals surface area (Å²) < 4.78 is 0. The molecule has 1 aliphatic rings. The maximum absolute atomic E-state index is 10.6. The van der Waals surface area contributed by atoms with Crippen LogP contribution in [-0.2, 0) is 4.79 Å². The molecule has 1 aromatic rings. The highest BCUT2D eigenvalue weighted by atomic mass is 16.4. The quantitative estimate of drug-likeness (QED) is 0.795. The van der Waals surface area contributed by atoms with Gasteiger partial charge in [0, 0.05) is 24.4 Å². The van der Waals surface area contributed by atoms with Crippen LogP contribution in [0.1, 0.15) is 24.8 Å². The third kappa shape index (κ3) is 3.59. The summed E-state index contributed by atoms with van der Waals surface area (Å²) in [5.41, 5.74) is 1.90. The van der Waals surface area contributed by atoms with Gasteiger partial charge in [0.1, 0.15) is 0 Å². The number of hydrogen-bond acceptors (Lipinski definition) is 3. The Kier molecular flexibility index (Phi) is 4.19. The Balaban J connectivity index is 2.25. The summed E-state index contributed by atoms with van der Waals surface area (Å²) in [5.74, 6) is -0.954. The van der Waals surface area contributed by atoms with Crippen LogP contribution in [0.3, 0.4) is 0 Å². The first-order valence-electron chi connectivity index (χ1n) is 6.36. The van der Waals surface area contributed by atoms with Crippen molar-refractivity contribution in [3.63, 3.8) is 0 Å². The summed E-state index contributed by atoms with van der Waals surface area (Å²) in [6, 6.07) is 10.4. The number of anilines is 1. The first-order chi connectivity index (χ1) is 9.22. The zero-order chi connectivity index (χ0) is 13.7. The van der Waals surface area contributed by atoms with Crippen molar-refractivity contribution in [2.45, 2.75) is 25.3 Å². The molecule has 19 heavy (non-hydrogen) atoms. The second kappa shape index (κ2) is 6.05. The van der Waals surface area contributed by atoms with Gasteiger partial charge in [0.25, 0.3) is 0 Å². The Morgan fingerprint density at radius 1 is 1.47 bits per heavy atom. The minimum Gasteiger partial charge on any atom is -0.478 e. The molecular formula is C15H16N2O2. The van der Waals surface area contributed by atoms with Crippen LogP contribution in [0.15, 0.2) is 30.3 Å². The maximum Gasteiger partial charge on any atom is 0.328 e. The first kappa shape index (κ1) is 13.2. The van der Waals surface area contributed by atoms with E-state index in [1.807, 2.05) is 24.3 Å². The van der Waals surface area contributed by atoms with Gasteiger partial charge in [-0.05, 0) is 30.5 Å². The molecule has 0 bridgehead atoms. The lowest BCUT2D eigenvalue weighted by Crippen LogP contribution is -2.27. The number of carbonyl (C=O) groups is 1. The largest absolute Gasteiger partial charge is 0.478 e. The summed E-state index contributed by atoms with van der Waals surface area (Å²) in [7, 11) is 0. The monoisotopic (exact) mass is 256 g/mol. The van der Waals surface area contributed by atoms with Crippen molar-refractivity contribution >= 4 is 17.7 Å². The van der Waals surface area contributed by atoms with E-state index in [0.717, 1.165) is 30.2 Å². The zero-order valence-corrected chi connectivity index (χ0v) is 10.6. The highest BCUT2D eigenvalue weighted by Crippen LogP contribution is 2.34. The number of nitrogens with zero attached hydrogens (tertiary/aromatic N) is 2. The molecule has 4 heteroatoms. The smallest absolute Gasteiger partial charge is 0.328 e. The number of rotatable bonds is 6. The molecule has 1 aromatic carbocycles. The molecular weight excluding hydrogens is 240 g/mol. The fourth-order valence-electron chi connectivity index (χ4n) is 2.11. The van der Waals surface area contributed by atoms with Gasteiger partial charge in [-0.2, -0.15) is 5.26 Å². The Morgan fingerprint density at radius 3 is 2.84 bits per heavy atom. The lowest BCUT2D eigenvalue weighted by molar-refractivity contribution is -0.131. The minimum atomic E-state index is -0.954. The van der Waals surface area contributed by atoms with Gasteiger partial charge in [-0.25, -0.2) is 4.79 Å². The minimum absolute atomic E-state index is 0.480. The Labute approximate surface area is 112 Å². The lowest BCUT2D eigenvalue weighted by atomic mass is 10.1. The van der Waals surface area contributed by atoms with Crippen molar-refractivity contribution in [2.75, 3.05) is 11.4 Å². The number of hydrogen-bond donors (Lipinski definition) is 1. The molecule has 0 spiro atoms. The molecule has 0 unspecified atom stereocenters. The summed E-state index contributed by atoms with van der Waals surface area (Å²) in [5, 5.41) is 17.5. The van der Waals surface area contributed by atoms with E-state index in [-0.39, 0.29) is 0 Å². The molecule has 0 aliphatic heterocycles. The highest BCUT2D eigenvalue weighted by Gasteiger charge is 2.29. The molecule has 1 fully saturated rings. The Hall–Kier alpha value is -2.28. The average molecular weight is 256 g/mol. The molecule has 0 heterocycles. The average Bonchev–Trinajstić information content (AvgIpc) is 3.22. The predicted molar refractivity (Wildman–Crippen MR) is 73.7 cm³/mol. The predicted octanol–water partition coefficient (Wildman–Crippen LogP) is 2.67. The molecule has 0 radical (unpaired) electrons. The van der Waals surface area contributed by atoms with Crippen molar-refractivity contribution < 1.29 is 9.90 Å². The molecule has 0 aromatic heterocycles. The van der Waals surface area contributed by atoms with Gasteiger partial charge in [-0.3, -0.25) is 0 Å². The third-order valence-corrected chi connectivity index (χ3v) is 3.10. The first-order valence-corrected chi connectivity index (χ1v) is 6.36. The molecule has 4 nitrogen and oxygen atoms in total. The van der Waals surface area contributed by atoms with Crippen molar-refractivity contribution in [2.24, 2.45) is 0 Å². The second-order valence-electron chi connectivity index (χ2n) is 4.56. The van der Waals surface area contributed by atoms with Crippen LogP contribution in [0, 0.1) is 11.3 Å². The third-order valence-electron chi connectivity index (χ3n) is 3.10. The number of para-hydroxylation sites is 1. The molecule has 0 saturated heterocycles. The molecule has 2 rings (SSSR count). The lowest BCUT2D eigenvalue weighted by Gasteiger charge is -2.25. The van der Waals surface area contributed by atoms with Crippen molar-refractivity contribution in [1.29, 1.82) is 5.26 Å². The molecule has 0 amide bonds. The summed E-state index contributed by atoms with van der Waals surface area (Å²) in [6.45, 7) is 0.694. The van der Waals surface area contributed by atoms with E-state index in [4.69, 9.17) is 10.4 Å². The second-order valence-corrected chi connectivity index (χ2v) is 4.56. The molecule has 1 aliphatic carbocycles. The van der Waals surface area contributed by atoms with Gasteiger partial charge in [0.05, 0.1) is 12.5 Å². The topological polar surface area (TPSA) is 64.3 Å². The Bertz CT molecular complexity index is 527. The maximum atomic E-state index is 10.6. The standard InChI is InChI=1S/C15H16N2O2/c16-10-3-11-17(13-7-8-13)14-5-2-1-4-12(14)6-9-15(18)19/h1-2,4-6,9,13H,3,7-8,11H2,(H,18,19). The van der Waals surface area contributed by atoms with Crippen molar-refractivity contribution in [3.05, 3.63) is 35.9 Å². The van der Waals surface area contributed by atoms with Gasteiger partial charge >= 0.3 is 5.97 Å². The van der Waals surface area contributed by atoms with E-state index in [0.29, 0.717) is 19.0 Å². The van der Waals surface area contributed by atoms with E-state index in [9.17, 15) is 4.79 Å². The summed E-state index contributed by atoms with van der Waals surface area (Å²) >= 11 is 0. The van der Waals surface area contributed by atoms with Gasteiger partial charge in [0.2, 0.25) is 0 Å². The number of carboxylic acids is 1. The molecule has 0 atom stereocenters. The van der Waals surface area contributed by atoms with Crippen molar-refractivity contribution in [1.82, 2.24) is 0 Å². The van der Waals surface area contributed by atoms with E-state index in [2.05, 4.69) is 11.0 Å². The van der Waals surface area contributed by atoms with Crippen LogP contribution in [-0.4, -0.2) is 23.7 Å². The number of aliphatic carboxylic acids is 1. The number of benzene rings is 1. The fourth-order valence-corrected chi connectivity index (χ4v) is 2.11. The van der Waals surface area contributed by atoms with Crippen molar-refractivity contribution in [3.8, 4) is 6.07 Å².